The number of Topliss-reactive ketones (excluding diaryl/α,β-unsaturated/α-hetero) is 1. The molecule has 1 amide bonds. The summed E-state index contributed by atoms with van der Waals surface area (Å²) in [5, 5.41) is 2.76. The molecule has 136 valence electrons. The second-order valence-corrected chi connectivity index (χ2v) is 8.25. The van der Waals surface area contributed by atoms with Crippen molar-refractivity contribution >= 4 is 33.1 Å². The molecule has 3 rings (SSSR count). The molecule has 0 spiro atoms. The summed E-state index contributed by atoms with van der Waals surface area (Å²) >= 11 is 0. The van der Waals surface area contributed by atoms with Crippen molar-refractivity contribution in [1.29, 1.82) is 0 Å². The summed E-state index contributed by atoms with van der Waals surface area (Å²) in [4.78, 5) is 23.8. The van der Waals surface area contributed by atoms with E-state index in [1.807, 2.05) is 0 Å². The Morgan fingerprint density at radius 3 is 2.38 bits per heavy atom. The van der Waals surface area contributed by atoms with E-state index < -0.39 is 10.0 Å². The molecular formula is C19H20N2O4S. The van der Waals surface area contributed by atoms with Crippen LogP contribution < -0.4 is 9.62 Å². The van der Waals surface area contributed by atoms with E-state index in [4.69, 9.17) is 0 Å². The Balaban J connectivity index is 1.79. The number of rotatable bonds is 4. The van der Waals surface area contributed by atoms with Gasteiger partial charge in [0.25, 0.3) is 5.91 Å². The Kier molecular flexibility index (Phi) is 5.08. The first-order valence-corrected chi connectivity index (χ1v) is 10.0. The molecule has 6 nitrogen and oxygen atoms in total. The molecule has 0 aliphatic carbocycles. The fourth-order valence-corrected chi connectivity index (χ4v) is 4.50. The number of benzene rings is 2. The van der Waals surface area contributed by atoms with Crippen LogP contribution in [0.5, 0.6) is 0 Å². The van der Waals surface area contributed by atoms with E-state index >= 15 is 0 Å². The van der Waals surface area contributed by atoms with Crippen molar-refractivity contribution in [2.24, 2.45) is 0 Å². The van der Waals surface area contributed by atoms with Gasteiger partial charge in [0.15, 0.2) is 5.78 Å². The lowest BCUT2D eigenvalue weighted by Crippen LogP contribution is -2.37. The van der Waals surface area contributed by atoms with Crippen LogP contribution in [0.25, 0.3) is 0 Å². The second kappa shape index (κ2) is 7.29. The minimum absolute atomic E-state index is 0.0432. The lowest BCUT2D eigenvalue weighted by molar-refractivity contribution is 0.101. The Hall–Kier alpha value is -2.67. The molecule has 0 radical (unpaired) electrons. The molecule has 1 N–H and O–H groups in total. The zero-order valence-electron chi connectivity index (χ0n) is 14.4. The fourth-order valence-electron chi connectivity index (χ4n) is 2.87. The number of hydrogen-bond donors (Lipinski definition) is 1. The van der Waals surface area contributed by atoms with Crippen LogP contribution in [-0.4, -0.2) is 32.4 Å². The summed E-state index contributed by atoms with van der Waals surface area (Å²) in [6.45, 7) is 1.91. The average molecular weight is 372 g/mol. The molecule has 7 heteroatoms. The normalized spacial score (nSPS) is 16.1. The Labute approximate surface area is 152 Å². The van der Waals surface area contributed by atoms with Crippen molar-refractivity contribution in [3.05, 3.63) is 59.7 Å². The number of carbonyl (C=O) groups is 2. The van der Waals surface area contributed by atoms with Crippen molar-refractivity contribution in [3.8, 4) is 0 Å². The molecule has 1 aliphatic heterocycles. The fraction of sp³-hybridized carbons (Fsp3) is 0.263. The molecule has 0 aromatic heterocycles. The van der Waals surface area contributed by atoms with Gasteiger partial charge >= 0.3 is 0 Å². The summed E-state index contributed by atoms with van der Waals surface area (Å²) in [5.74, 6) is -0.249. The highest BCUT2D eigenvalue weighted by Gasteiger charge is 2.26. The van der Waals surface area contributed by atoms with Gasteiger partial charge in [0.05, 0.1) is 11.4 Å². The number of ketones is 1. The number of sulfonamides is 1. The summed E-state index contributed by atoms with van der Waals surface area (Å²) < 4.78 is 25.8. The highest BCUT2D eigenvalue weighted by molar-refractivity contribution is 7.92. The number of nitrogens with zero attached hydrogens (tertiary/aromatic N) is 1. The smallest absolute Gasteiger partial charge is 0.255 e. The Morgan fingerprint density at radius 1 is 1.00 bits per heavy atom. The van der Waals surface area contributed by atoms with Crippen LogP contribution >= 0.6 is 0 Å². The van der Waals surface area contributed by atoms with Gasteiger partial charge in [-0.15, -0.1) is 0 Å². The monoisotopic (exact) mass is 372 g/mol. The molecule has 1 saturated heterocycles. The zero-order chi connectivity index (χ0) is 18.7. The van der Waals surface area contributed by atoms with E-state index in [9.17, 15) is 18.0 Å². The predicted molar refractivity (Wildman–Crippen MR) is 101 cm³/mol. The average Bonchev–Trinajstić information content (AvgIpc) is 2.62. The van der Waals surface area contributed by atoms with Crippen molar-refractivity contribution in [3.63, 3.8) is 0 Å². The van der Waals surface area contributed by atoms with Crippen molar-refractivity contribution < 1.29 is 18.0 Å². The predicted octanol–water partition coefficient (Wildman–Crippen LogP) is 3.07. The summed E-state index contributed by atoms with van der Waals surface area (Å²) in [6, 6.07) is 13.2. The van der Waals surface area contributed by atoms with Gasteiger partial charge < -0.3 is 5.32 Å². The maximum atomic E-state index is 12.5. The molecule has 1 fully saturated rings. The van der Waals surface area contributed by atoms with Gasteiger partial charge in [0, 0.05) is 23.4 Å². The van der Waals surface area contributed by atoms with Gasteiger partial charge in [-0.05, 0) is 62.2 Å². The Bertz CT molecular complexity index is 936. The molecule has 0 bridgehead atoms. The van der Waals surface area contributed by atoms with E-state index in [1.165, 1.54) is 11.2 Å². The second-order valence-electron chi connectivity index (χ2n) is 6.23. The van der Waals surface area contributed by atoms with Gasteiger partial charge in [0.1, 0.15) is 0 Å². The molecule has 2 aromatic rings. The van der Waals surface area contributed by atoms with E-state index in [-0.39, 0.29) is 17.4 Å². The van der Waals surface area contributed by atoms with E-state index in [1.54, 1.807) is 48.5 Å². The summed E-state index contributed by atoms with van der Waals surface area (Å²) in [5.41, 5.74) is 2.01. The lowest BCUT2D eigenvalue weighted by Gasteiger charge is -2.28. The first-order chi connectivity index (χ1) is 12.4. The molecule has 0 unspecified atom stereocenters. The molecule has 1 heterocycles. The van der Waals surface area contributed by atoms with Gasteiger partial charge in [-0.25, -0.2) is 8.42 Å². The Morgan fingerprint density at radius 2 is 1.73 bits per heavy atom. The third-order valence-electron chi connectivity index (χ3n) is 4.29. The van der Waals surface area contributed by atoms with Crippen LogP contribution in [0.2, 0.25) is 0 Å². The SMILES string of the molecule is CC(=O)c1ccc(NC(=O)c2cccc(N3CCCCS3(=O)=O)c2)cc1. The van der Waals surface area contributed by atoms with Crippen LogP contribution in [-0.2, 0) is 10.0 Å². The van der Waals surface area contributed by atoms with Gasteiger partial charge in [-0.3, -0.25) is 13.9 Å². The van der Waals surface area contributed by atoms with E-state index in [0.29, 0.717) is 35.5 Å². The van der Waals surface area contributed by atoms with Gasteiger partial charge in [0.2, 0.25) is 10.0 Å². The number of nitrogens with one attached hydrogen (secondary N) is 1. The number of anilines is 2. The van der Waals surface area contributed by atoms with Crippen LogP contribution in [0.1, 0.15) is 40.5 Å². The minimum Gasteiger partial charge on any atom is -0.322 e. The van der Waals surface area contributed by atoms with Gasteiger partial charge in [-0.2, -0.15) is 0 Å². The van der Waals surface area contributed by atoms with Crippen molar-refractivity contribution in [2.45, 2.75) is 19.8 Å². The molecular weight excluding hydrogens is 352 g/mol. The molecule has 26 heavy (non-hydrogen) atoms. The molecule has 1 aliphatic rings. The molecule has 0 atom stereocenters. The van der Waals surface area contributed by atoms with E-state index in [0.717, 1.165) is 6.42 Å². The third-order valence-corrected chi connectivity index (χ3v) is 6.16. The van der Waals surface area contributed by atoms with Gasteiger partial charge in [-0.1, -0.05) is 6.07 Å². The van der Waals surface area contributed by atoms with Crippen molar-refractivity contribution in [2.75, 3.05) is 21.9 Å². The highest BCUT2D eigenvalue weighted by Crippen LogP contribution is 2.24. The largest absolute Gasteiger partial charge is 0.322 e. The lowest BCUT2D eigenvalue weighted by atomic mass is 10.1. The van der Waals surface area contributed by atoms with Crippen LogP contribution in [0.3, 0.4) is 0 Å². The zero-order valence-corrected chi connectivity index (χ0v) is 15.3. The quantitative estimate of drug-likeness (QED) is 0.836. The summed E-state index contributed by atoms with van der Waals surface area (Å²) in [6.07, 6.45) is 1.47. The maximum absolute atomic E-state index is 12.5. The topological polar surface area (TPSA) is 83.6 Å². The van der Waals surface area contributed by atoms with E-state index in [2.05, 4.69) is 5.32 Å². The molecule has 2 aromatic carbocycles. The first kappa shape index (κ1) is 18.1. The number of carbonyl (C=O) groups excluding carboxylic acids is 2. The minimum atomic E-state index is -3.32. The van der Waals surface area contributed by atoms with Crippen molar-refractivity contribution in [1.82, 2.24) is 0 Å². The number of amides is 1. The number of hydrogen-bond acceptors (Lipinski definition) is 4. The summed E-state index contributed by atoms with van der Waals surface area (Å²) in [7, 11) is -3.32. The molecule has 0 saturated carbocycles. The highest BCUT2D eigenvalue weighted by atomic mass is 32.2. The first-order valence-electron chi connectivity index (χ1n) is 8.40. The third kappa shape index (κ3) is 3.94. The van der Waals surface area contributed by atoms with Crippen LogP contribution in [0.4, 0.5) is 11.4 Å². The van der Waals surface area contributed by atoms with Crippen LogP contribution in [0.15, 0.2) is 48.5 Å². The standard InChI is InChI=1S/C19H20N2O4S/c1-14(22)15-7-9-17(10-8-15)20-19(23)16-5-4-6-18(13-16)21-11-2-3-12-26(21,24)25/h4-10,13H,2-3,11-12H2,1H3,(H,20,23). The van der Waals surface area contributed by atoms with Crippen LogP contribution in [0, 0.1) is 0 Å². The maximum Gasteiger partial charge on any atom is 0.255 e.